The molecule has 0 unspecified atom stereocenters. The van der Waals surface area contributed by atoms with Crippen LogP contribution in [0, 0.1) is 0 Å². The van der Waals surface area contributed by atoms with Gasteiger partial charge in [-0.25, -0.2) is 4.98 Å². The Morgan fingerprint density at radius 1 is 1.39 bits per heavy atom. The lowest BCUT2D eigenvalue weighted by Gasteiger charge is -2.28. The molecule has 0 bridgehead atoms. The number of hydrogen-bond acceptors (Lipinski definition) is 3. The van der Waals surface area contributed by atoms with Gasteiger partial charge in [-0.2, -0.15) is 0 Å². The van der Waals surface area contributed by atoms with Crippen molar-refractivity contribution in [3.05, 3.63) is 24.0 Å². The number of nitrogens with zero attached hydrogens (tertiary/aromatic N) is 2. The van der Waals surface area contributed by atoms with Gasteiger partial charge in [-0.3, -0.25) is 0 Å². The third kappa shape index (κ3) is 2.08. The van der Waals surface area contributed by atoms with Crippen molar-refractivity contribution in [3.63, 3.8) is 0 Å². The topological polar surface area (TPSA) is 64.1 Å². The lowest BCUT2D eigenvalue weighted by molar-refractivity contribution is 0.213. The van der Waals surface area contributed by atoms with E-state index >= 15 is 0 Å². The maximum absolute atomic E-state index is 9.23. The van der Waals surface area contributed by atoms with Crippen molar-refractivity contribution in [2.24, 2.45) is 0 Å². The number of fused-ring (bicyclic) bond motifs is 1. The molecule has 0 saturated carbocycles. The van der Waals surface area contributed by atoms with E-state index in [1.54, 1.807) is 0 Å². The molecule has 98 valence electrons. The van der Waals surface area contributed by atoms with E-state index < -0.39 is 0 Å². The number of rotatable bonds is 4. The lowest BCUT2D eigenvalue weighted by Crippen LogP contribution is -2.29. The fraction of sp³-hybridized carbons (Fsp3) is 0.500. The molecule has 1 aromatic carbocycles. The van der Waals surface area contributed by atoms with Crippen molar-refractivity contribution in [3.8, 4) is 0 Å². The molecule has 0 saturated heterocycles. The Bertz CT molecular complexity index is 557. The average Bonchev–Trinajstić information content (AvgIpc) is 2.66. The van der Waals surface area contributed by atoms with Crippen LogP contribution < -0.4 is 5.73 Å². The monoisotopic (exact) mass is 247 g/mol. The fourth-order valence-corrected chi connectivity index (χ4v) is 2.45. The van der Waals surface area contributed by atoms with Crippen molar-refractivity contribution in [1.82, 2.24) is 9.55 Å². The van der Waals surface area contributed by atoms with Crippen molar-refractivity contribution >= 4 is 16.7 Å². The first-order chi connectivity index (χ1) is 8.49. The number of benzene rings is 1. The summed E-state index contributed by atoms with van der Waals surface area (Å²) in [6, 6.07) is 5.81. The van der Waals surface area contributed by atoms with Gasteiger partial charge in [-0.05, 0) is 38.5 Å². The molecular formula is C14H21N3O. The first-order valence-corrected chi connectivity index (χ1v) is 6.38. The number of anilines is 1. The second-order valence-electron chi connectivity index (χ2n) is 5.25. The molecule has 0 spiro atoms. The molecule has 3 N–H and O–H groups in total. The van der Waals surface area contributed by atoms with E-state index in [1.807, 2.05) is 18.2 Å². The van der Waals surface area contributed by atoms with Crippen LogP contribution in [-0.4, -0.2) is 21.3 Å². The Morgan fingerprint density at radius 2 is 2.11 bits per heavy atom. The average molecular weight is 247 g/mol. The molecule has 4 nitrogen and oxygen atoms in total. The summed E-state index contributed by atoms with van der Waals surface area (Å²) in [6.07, 6.45) is 1.57. The molecule has 0 amide bonds. The Labute approximate surface area is 107 Å². The van der Waals surface area contributed by atoms with Crippen molar-refractivity contribution < 1.29 is 5.11 Å². The molecule has 2 aromatic rings. The summed E-state index contributed by atoms with van der Waals surface area (Å²) in [6.45, 7) is 6.51. The number of aliphatic hydroxyl groups excluding tert-OH is 1. The first kappa shape index (κ1) is 12.9. The molecule has 0 aliphatic rings. The Kier molecular flexibility index (Phi) is 3.30. The van der Waals surface area contributed by atoms with E-state index in [9.17, 15) is 5.11 Å². The van der Waals surface area contributed by atoms with Crippen LogP contribution in [0.15, 0.2) is 18.2 Å². The molecule has 1 heterocycles. The normalized spacial score (nSPS) is 12.2. The minimum absolute atomic E-state index is 0.148. The molecule has 0 radical (unpaired) electrons. The number of aromatic nitrogens is 2. The zero-order valence-corrected chi connectivity index (χ0v) is 11.3. The maximum atomic E-state index is 9.23. The van der Waals surface area contributed by atoms with E-state index in [0.29, 0.717) is 6.42 Å². The number of aliphatic hydroxyl groups is 1. The number of nitrogen functional groups attached to an aromatic ring is 1. The number of imidazole rings is 1. The van der Waals surface area contributed by atoms with Gasteiger partial charge in [0.1, 0.15) is 5.82 Å². The van der Waals surface area contributed by atoms with Crippen molar-refractivity contribution in [1.29, 1.82) is 0 Å². The van der Waals surface area contributed by atoms with E-state index in [4.69, 9.17) is 5.73 Å². The highest BCUT2D eigenvalue weighted by molar-refractivity contribution is 5.80. The van der Waals surface area contributed by atoms with Gasteiger partial charge >= 0.3 is 0 Å². The second-order valence-corrected chi connectivity index (χ2v) is 5.25. The minimum Gasteiger partial charge on any atom is -0.399 e. The highest BCUT2D eigenvalue weighted by Crippen LogP contribution is 2.29. The predicted octanol–water partition coefficient (Wildman–Crippen LogP) is 2.30. The summed E-state index contributed by atoms with van der Waals surface area (Å²) in [7, 11) is 0. The number of aryl methyl sites for hydroxylation is 1. The van der Waals surface area contributed by atoms with Gasteiger partial charge in [0.05, 0.1) is 11.0 Å². The minimum atomic E-state index is -0.148. The molecule has 18 heavy (non-hydrogen) atoms. The molecule has 0 fully saturated rings. The van der Waals surface area contributed by atoms with Gasteiger partial charge in [0.2, 0.25) is 0 Å². The highest BCUT2D eigenvalue weighted by Gasteiger charge is 2.24. The Balaban J connectivity index is 2.67. The molecular weight excluding hydrogens is 226 g/mol. The van der Waals surface area contributed by atoms with Crippen LogP contribution in [0.4, 0.5) is 5.69 Å². The van der Waals surface area contributed by atoms with Crippen LogP contribution in [0.5, 0.6) is 0 Å². The highest BCUT2D eigenvalue weighted by atomic mass is 16.3. The van der Waals surface area contributed by atoms with Crippen molar-refractivity contribution in [2.75, 3.05) is 12.3 Å². The molecule has 1 aromatic heterocycles. The summed E-state index contributed by atoms with van der Waals surface area (Å²) in [4.78, 5) is 4.64. The zero-order chi connectivity index (χ0) is 13.3. The fourth-order valence-electron chi connectivity index (χ4n) is 2.45. The van der Waals surface area contributed by atoms with Crippen molar-refractivity contribution in [2.45, 2.75) is 39.2 Å². The molecule has 0 aliphatic carbocycles. The van der Waals surface area contributed by atoms with Gasteiger partial charge in [-0.1, -0.05) is 6.92 Å². The van der Waals surface area contributed by atoms with Gasteiger partial charge in [0.15, 0.2) is 0 Å². The smallest absolute Gasteiger partial charge is 0.110 e. The van der Waals surface area contributed by atoms with Gasteiger partial charge < -0.3 is 15.4 Å². The largest absolute Gasteiger partial charge is 0.399 e. The van der Waals surface area contributed by atoms with Gasteiger partial charge in [0, 0.05) is 24.3 Å². The van der Waals surface area contributed by atoms with Gasteiger partial charge in [-0.15, -0.1) is 0 Å². The van der Waals surface area contributed by atoms with Crippen LogP contribution in [0.25, 0.3) is 11.0 Å². The van der Waals surface area contributed by atoms with Crippen LogP contribution in [0.1, 0.15) is 33.0 Å². The summed E-state index contributed by atoms with van der Waals surface area (Å²) in [5, 5.41) is 9.23. The standard InChI is InChI=1S/C14H21N3O/c1-4-13-16-11-9-10(15)5-6-12(11)17(13)14(2,3)7-8-18/h5-6,9,18H,4,7-8,15H2,1-3H3. The predicted molar refractivity (Wildman–Crippen MR) is 74.5 cm³/mol. The SMILES string of the molecule is CCc1nc2cc(N)ccc2n1C(C)(C)CCO. The lowest BCUT2D eigenvalue weighted by atomic mass is 10.00. The second kappa shape index (κ2) is 4.61. The maximum Gasteiger partial charge on any atom is 0.110 e. The van der Waals surface area contributed by atoms with Crippen LogP contribution in [-0.2, 0) is 12.0 Å². The molecule has 2 rings (SSSR count). The number of nitrogens with two attached hydrogens (primary N) is 1. The molecule has 4 heteroatoms. The van der Waals surface area contributed by atoms with Crippen LogP contribution in [0.2, 0.25) is 0 Å². The summed E-state index contributed by atoms with van der Waals surface area (Å²) < 4.78 is 2.22. The molecule has 0 atom stereocenters. The van der Waals surface area contributed by atoms with Crippen LogP contribution >= 0.6 is 0 Å². The van der Waals surface area contributed by atoms with E-state index in [2.05, 4.69) is 30.3 Å². The summed E-state index contributed by atoms with van der Waals surface area (Å²) >= 11 is 0. The third-order valence-corrected chi connectivity index (χ3v) is 3.39. The quantitative estimate of drug-likeness (QED) is 0.815. The first-order valence-electron chi connectivity index (χ1n) is 6.38. The zero-order valence-electron chi connectivity index (χ0n) is 11.3. The van der Waals surface area contributed by atoms with E-state index in [0.717, 1.165) is 29.0 Å². The summed E-state index contributed by atoms with van der Waals surface area (Å²) in [5.41, 5.74) is 8.40. The Morgan fingerprint density at radius 3 is 2.72 bits per heavy atom. The molecule has 0 aliphatic heterocycles. The van der Waals surface area contributed by atoms with Gasteiger partial charge in [0.25, 0.3) is 0 Å². The van der Waals surface area contributed by atoms with Crippen LogP contribution in [0.3, 0.4) is 0 Å². The van der Waals surface area contributed by atoms with E-state index in [1.165, 1.54) is 0 Å². The van der Waals surface area contributed by atoms with E-state index in [-0.39, 0.29) is 12.1 Å². The third-order valence-electron chi connectivity index (χ3n) is 3.39. The summed E-state index contributed by atoms with van der Waals surface area (Å²) in [5.74, 6) is 1.04. The Hall–Kier alpha value is -1.55. The number of hydrogen-bond donors (Lipinski definition) is 2.